The van der Waals surface area contributed by atoms with Crippen molar-refractivity contribution in [3.05, 3.63) is 0 Å². The maximum atomic E-state index is 12.4. The highest BCUT2D eigenvalue weighted by molar-refractivity contribution is 7.99. The molecule has 1 aliphatic carbocycles. The van der Waals surface area contributed by atoms with Gasteiger partial charge in [0.1, 0.15) is 0 Å². The van der Waals surface area contributed by atoms with Crippen LogP contribution in [0.4, 0.5) is 0 Å². The lowest BCUT2D eigenvalue weighted by atomic mass is 9.84. The quantitative estimate of drug-likeness (QED) is 0.0844. The molecule has 2 N–H and O–H groups in total. The van der Waals surface area contributed by atoms with E-state index in [9.17, 15) is 19.4 Å². The minimum Gasteiger partial charge on any atom is -0.479 e. The van der Waals surface area contributed by atoms with Crippen LogP contribution in [0.1, 0.15) is 136 Å². The summed E-state index contributed by atoms with van der Waals surface area (Å²) in [5.41, 5.74) is 0. The Kier molecular flexibility index (Phi) is 20.5. The van der Waals surface area contributed by atoms with E-state index in [2.05, 4.69) is 18.7 Å². The van der Waals surface area contributed by atoms with Gasteiger partial charge < -0.3 is 19.3 Å². The van der Waals surface area contributed by atoms with E-state index in [4.69, 9.17) is 9.26 Å². The molecule has 0 amide bonds. The highest BCUT2D eigenvalue weighted by Crippen LogP contribution is 2.49. The molecular weight excluding hydrogens is 507 g/mol. The number of rotatable bonds is 25. The first-order valence-electron chi connectivity index (χ1n) is 15.2. The first kappa shape index (κ1) is 35.0. The molecule has 0 saturated heterocycles. The Bertz CT molecular complexity index is 613. The second-order valence-corrected chi connectivity index (χ2v) is 14.0. The van der Waals surface area contributed by atoms with Gasteiger partial charge in [0.05, 0.1) is 6.10 Å². The predicted octanol–water partition coefficient (Wildman–Crippen LogP) is 9.05. The smallest absolute Gasteiger partial charge is 0.368 e. The van der Waals surface area contributed by atoms with Gasteiger partial charge in [0, 0.05) is 6.61 Å². The van der Waals surface area contributed by atoms with E-state index >= 15 is 0 Å². The van der Waals surface area contributed by atoms with Crippen molar-refractivity contribution in [2.24, 2.45) is 11.8 Å². The van der Waals surface area contributed by atoms with Crippen molar-refractivity contribution in [1.29, 1.82) is 0 Å². The molecular formula is C29H57O6PS. The average molecular weight is 565 g/mol. The lowest BCUT2D eigenvalue weighted by molar-refractivity contribution is -0.146. The number of thioether (sulfide) groups is 1. The van der Waals surface area contributed by atoms with Crippen LogP contribution >= 0.6 is 19.4 Å². The third-order valence-electron chi connectivity index (χ3n) is 7.60. The van der Waals surface area contributed by atoms with Crippen molar-refractivity contribution < 1.29 is 28.6 Å². The van der Waals surface area contributed by atoms with E-state index in [0.29, 0.717) is 12.8 Å². The van der Waals surface area contributed by atoms with Gasteiger partial charge in [-0.3, -0.25) is 4.57 Å². The van der Waals surface area contributed by atoms with Crippen LogP contribution in [0.5, 0.6) is 0 Å². The van der Waals surface area contributed by atoms with Gasteiger partial charge in [0.25, 0.3) is 5.85 Å². The molecule has 1 aliphatic rings. The Morgan fingerprint density at radius 1 is 0.892 bits per heavy atom. The number of hydrogen-bond donors (Lipinski definition) is 2. The van der Waals surface area contributed by atoms with Crippen LogP contribution in [0.2, 0.25) is 0 Å². The Morgan fingerprint density at radius 3 is 2.16 bits per heavy atom. The number of carboxylic acid groups (broad SMARTS) is 1. The normalized spacial score (nSPS) is 18.5. The number of carbonyl (C=O) groups is 1. The molecule has 0 aliphatic heterocycles. The van der Waals surface area contributed by atoms with Crippen LogP contribution in [0.25, 0.3) is 0 Å². The summed E-state index contributed by atoms with van der Waals surface area (Å²) in [6.07, 6.45) is 21.9. The third-order valence-corrected chi connectivity index (χ3v) is 10.3. The summed E-state index contributed by atoms with van der Waals surface area (Å²) in [4.78, 5) is 21.4. The zero-order chi connectivity index (χ0) is 27.4. The Hall–Kier alpha value is -0.0700. The lowest BCUT2D eigenvalue weighted by Crippen LogP contribution is -2.27. The van der Waals surface area contributed by atoms with Crippen LogP contribution in [0.15, 0.2) is 0 Å². The molecule has 1 rings (SSSR count). The summed E-state index contributed by atoms with van der Waals surface area (Å²) in [6.45, 7) is 5.94. The van der Waals surface area contributed by atoms with E-state index in [-0.39, 0.29) is 6.61 Å². The van der Waals surface area contributed by atoms with Crippen molar-refractivity contribution >= 4 is 25.3 Å². The minimum absolute atomic E-state index is 0.109. The van der Waals surface area contributed by atoms with Crippen molar-refractivity contribution in [3.8, 4) is 0 Å². The molecule has 0 aromatic heterocycles. The van der Waals surface area contributed by atoms with Crippen LogP contribution in [-0.4, -0.2) is 46.0 Å². The van der Waals surface area contributed by atoms with Gasteiger partial charge in [0.2, 0.25) is 0 Å². The zero-order valence-electron chi connectivity index (χ0n) is 24.0. The zero-order valence-corrected chi connectivity index (χ0v) is 25.8. The predicted molar refractivity (Wildman–Crippen MR) is 157 cm³/mol. The Morgan fingerprint density at radius 2 is 1.51 bits per heavy atom. The summed E-state index contributed by atoms with van der Waals surface area (Å²) in [7, 11) is -4.37. The fourth-order valence-electron chi connectivity index (χ4n) is 5.46. The standard InChI is InChI=1S/C29H57O6PS/c1-4-6-7-13-18-27(26-19-14-15-20-26)21-24-37-23-16-11-9-8-10-12-17-25(3)35-36(32,33)29(28(30)31)34-22-5-2/h25-27,29H,4-24H2,1-3H3,(H,30,31)(H,32,33). The van der Waals surface area contributed by atoms with Crippen molar-refractivity contribution in [2.75, 3.05) is 18.1 Å². The monoisotopic (exact) mass is 564 g/mol. The first-order chi connectivity index (χ1) is 17.8. The molecule has 37 heavy (non-hydrogen) atoms. The fourth-order valence-corrected chi connectivity index (χ4v) is 7.84. The van der Waals surface area contributed by atoms with E-state index < -0.39 is 25.5 Å². The average Bonchev–Trinajstić information content (AvgIpc) is 3.38. The molecule has 0 aromatic carbocycles. The molecule has 0 heterocycles. The van der Waals surface area contributed by atoms with Crippen LogP contribution < -0.4 is 0 Å². The summed E-state index contributed by atoms with van der Waals surface area (Å²) in [6, 6.07) is 0. The van der Waals surface area contributed by atoms with Gasteiger partial charge in [0.15, 0.2) is 0 Å². The first-order valence-corrected chi connectivity index (χ1v) is 18.0. The molecule has 220 valence electrons. The number of ether oxygens (including phenoxy) is 1. The minimum atomic E-state index is -4.37. The molecule has 0 bridgehead atoms. The van der Waals surface area contributed by atoms with Crippen LogP contribution in [0, 0.1) is 11.8 Å². The fraction of sp³-hybridized carbons (Fsp3) is 0.966. The summed E-state index contributed by atoms with van der Waals surface area (Å²) in [5, 5.41) is 9.19. The van der Waals surface area contributed by atoms with Gasteiger partial charge >= 0.3 is 13.6 Å². The third kappa shape index (κ3) is 16.6. The van der Waals surface area contributed by atoms with Gasteiger partial charge in [-0.15, -0.1) is 0 Å². The van der Waals surface area contributed by atoms with Crippen molar-refractivity contribution in [3.63, 3.8) is 0 Å². The maximum Gasteiger partial charge on any atom is 0.368 e. The SMILES string of the molecule is CCCCCCC(CCSCCCCCCCCC(C)OP(=O)(O)C(OCCC)C(=O)O)C1CCCC1. The number of carboxylic acids is 1. The number of unbranched alkanes of at least 4 members (excludes halogenated alkanes) is 8. The molecule has 8 heteroatoms. The lowest BCUT2D eigenvalue weighted by Gasteiger charge is -2.23. The molecule has 0 spiro atoms. The molecule has 0 radical (unpaired) electrons. The molecule has 4 unspecified atom stereocenters. The van der Waals surface area contributed by atoms with Gasteiger partial charge in [-0.2, -0.15) is 11.8 Å². The maximum absolute atomic E-state index is 12.4. The highest BCUT2D eigenvalue weighted by Gasteiger charge is 2.41. The number of hydrogen-bond acceptors (Lipinski definition) is 5. The van der Waals surface area contributed by atoms with E-state index in [1.165, 1.54) is 95.0 Å². The number of aliphatic carboxylic acids is 1. The van der Waals surface area contributed by atoms with Gasteiger partial charge in [-0.25, -0.2) is 4.79 Å². The Labute approximate surface area is 232 Å². The van der Waals surface area contributed by atoms with Gasteiger partial charge in [-0.1, -0.05) is 104 Å². The molecule has 0 aromatic rings. The molecule has 6 nitrogen and oxygen atoms in total. The Balaban J connectivity index is 2.07. The summed E-state index contributed by atoms with van der Waals surface area (Å²) < 4.78 is 22.6. The molecule has 1 saturated carbocycles. The van der Waals surface area contributed by atoms with Crippen LogP contribution in [-0.2, 0) is 18.6 Å². The van der Waals surface area contributed by atoms with Crippen molar-refractivity contribution in [2.45, 2.75) is 148 Å². The highest BCUT2D eigenvalue weighted by atomic mass is 32.2. The van der Waals surface area contributed by atoms with Crippen LogP contribution in [0.3, 0.4) is 0 Å². The second-order valence-electron chi connectivity index (χ2n) is 11.0. The second kappa shape index (κ2) is 21.7. The summed E-state index contributed by atoms with van der Waals surface area (Å²) in [5.74, 6) is 1.31. The largest absolute Gasteiger partial charge is 0.479 e. The van der Waals surface area contributed by atoms with Crippen molar-refractivity contribution in [1.82, 2.24) is 0 Å². The molecule has 4 atom stereocenters. The summed E-state index contributed by atoms with van der Waals surface area (Å²) >= 11 is 2.15. The van der Waals surface area contributed by atoms with Gasteiger partial charge in [-0.05, 0) is 55.9 Å². The molecule has 1 fully saturated rings. The van der Waals surface area contributed by atoms with E-state index in [0.717, 1.165) is 31.1 Å². The van der Waals surface area contributed by atoms with E-state index in [1.54, 1.807) is 6.92 Å². The van der Waals surface area contributed by atoms with E-state index in [1.807, 2.05) is 6.92 Å². The topological polar surface area (TPSA) is 93.1 Å².